The van der Waals surface area contributed by atoms with Crippen LogP contribution in [0.1, 0.15) is 36.1 Å². The van der Waals surface area contributed by atoms with Crippen LogP contribution in [0, 0.1) is 25.2 Å². The van der Waals surface area contributed by atoms with Crippen molar-refractivity contribution in [3.8, 4) is 6.07 Å². The molecule has 2 aliphatic heterocycles. The van der Waals surface area contributed by atoms with Crippen molar-refractivity contribution in [1.82, 2.24) is 14.8 Å². The van der Waals surface area contributed by atoms with E-state index in [4.69, 9.17) is 4.98 Å². The summed E-state index contributed by atoms with van der Waals surface area (Å²) < 4.78 is 0. The van der Waals surface area contributed by atoms with Crippen molar-refractivity contribution in [2.45, 2.75) is 38.6 Å². The summed E-state index contributed by atoms with van der Waals surface area (Å²) in [5, 5.41) is 9.66. The second kappa shape index (κ2) is 7.69. The van der Waals surface area contributed by atoms with Gasteiger partial charge >= 0.3 is 0 Å². The zero-order valence-corrected chi connectivity index (χ0v) is 16.7. The Morgan fingerprint density at radius 3 is 2.81 bits per heavy atom. The minimum Gasteiger partial charge on any atom is -0.352 e. The molecule has 1 aromatic heterocycles. The Kier molecular flexibility index (Phi) is 5.52. The summed E-state index contributed by atoms with van der Waals surface area (Å²) in [6.07, 6.45) is 4.11. The monoisotopic (exact) mass is 367 g/mol. The maximum absolute atomic E-state index is 12.5. The number of pyridine rings is 1. The van der Waals surface area contributed by atoms with Crippen LogP contribution in [0.4, 0.5) is 5.82 Å². The number of hydrogen-bond donors (Lipinski definition) is 0. The molecule has 2 fully saturated rings. The molecule has 2 saturated heterocycles. The Balaban J connectivity index is 1.90. The summed E-state index contributed by atoms with van der Waals surface area (Å²) in [4.78, 5) is 23.7. The molecule has 3 heterocycles. The average molecular weight is 367 g/mol. The van der Waals surface area contributed by atoms with Crippen LogP contribution >= 0.6 is 0 Å². The molecule has 144 valence electrons. The van der Waals surface area contributed by atoms with E-state index < -0.39 is 0 Å². The molecular weight excluding hydrogens is 338 g/mol. The Hall–Kier alpha value is -2.39. The van der Waals surface area contributed by atoms with E-state index in [2.05, 4.69) is 29.5 Å². The van der Waals surface area contributed by atoms with Gasteiger partial charge in [-0.15, -0.1) is 6.58 Å². The molecule has 2 aliphatic rings. The van der Waals surface area contributed by atoms with Crippen LogP contribution in [0.3, 0.4) is 0 Å². The number of nitrogens with zero attached hydrogens (tertiary/aromatic N) is 5. The van der Waals surface area contributed by atoms with Crippen LogP contribution in [-0.2, 0) is 4.79 Å². The second-order valence-electron chi connectivity index (χ2n) is 7.84. The van der Waals surface area contributed by atoms with Gasteiger partial charge < -0.3 is 9.80 Å². The number of aryl methyl sites for hydroxylation is 2. The Morgan fingerprint density at radius 1 is 1.33 bits per heavy atom. The molecule has 1 unspecified atom stereocenters. The van der Waals surface area contributed by atoms with Crippen molar-refractivity contribution < 1.29 is 4.79 Å². The number of aromatic nitrogens is 1. The predicted octanol–water partition coefficient (Wildman–Crippen LogP) is 2.26. The van der Waals surface area contributed by atoms with E-state index in [0.29, 0.717) is 18.5 Å². The molecule has 6 heteroatoms. The number of rotatable bonds is 3. The molecule has 0 N–H and O–H groups in total. The average Bonchev–Trinajstić information content (AvgIpc) is 2.78. The van der Waals surface area contributed by atoms with Crippen molar-refractivity contribution in [3.05, 3.63) is 35.5 Å². The maximum atomic E-state index is 12.5. The molecule has 1 spiro atoms. The number of anilines is 1. The van der Waals surface area contributed by atoms with Gasteiger partial charge in [0.2, 0.25) is 5.91 Å². The SMILES string of the molecule is C=CCN1CCC2(CCC1=O)CN(c1nc(C)cc(C)c1C#N)CCN2C. The summed E-state index contributed by atoms with van der Waals surface area (Å²) in [5.41, 5.74) is 2.50. The van der Waals surface area contributed by atoms with Crippen molar-refractivity contribution in [2.24, 2.45) is 0 Å². The topological polar surface area (TPSA) is 63.5 Å². The number of carbonyl (C=O) groups excluding carboxylic acids is 1. The maximum Gasteiger partial charge on any atom is 0.222 e. The first-order valence-corrected chi connectivity index (χ1v) is 9.63. The van der Waals surface area contributed by atoms with E-state index in [-0.39, 0.29) is 11.4 Å². The second-order valence-corrected chi connectivity index (χ2v) is 7.84. The van der Waals surface area contributed by atoms with E-state index in [0.717, 1.165) is 56.1 Å². The first kappa shape index (κ1) is 19.4. The van der Waals surface area contributed by atoms with Gasteiger partial charge in [0.25, 0.3) is 0 Å². The van der Waals surface area contributed by atoms with Crippen LogP contribution in [0.15, 0.2) is 18.7 Å². The van der Waals surface area contributed by atoms with Crippen molar-refractivity contribution in [3.63, 3.8) is 0 Å². The number of nitriles is 1. The summed E-state index contributed by atoms with van der Waals surface area (Å²) in [6.45, 7) is 11.6. The fourth-order valence-electron chi connectivity index (χ4n) is 4.41. The van der Waals surface area contributed by atoms with Crippen LogP contribution in [0.25, 0.3) is 0 Å². The predicted molar refractivity (Wildman–Crippen MR) is 107 cm³/mol. The Morgan fingerprint density at radius 2 is 2.11 bits per heavy atom. The highest BCUT2D eigenvalue weighted by molar-refractivity contribution is 5.77. The van der Waals surface area contributed by atoms with E-state index in [1.54, 1.807) is 6.08 Å². The molecule has 1 aromatic rings. The van der Waals surface area contributed by atoms with E-state index in [1.165, 1.54) is 0 Å². The van der Waals surface area contributed by atoms with Crippen molar-refractivity contribution in [1.29, 1.82) is 5.26 Å². The van der Waals surface area contributed by atoms with Gasteiger partial charge in [0.1, 0.15) is 11.9 Å². The summed E-state index contributed by atoms with van der Waals surface area (Å²) in [6, 6.07) is 4.31. The number of carbonyl (C=O) groups is 1. The van der Waals surface area contributed by atoms with Crippen LogP contribution in [0.2, 0.25) is 0 Å². The number of piperazine rings is 1. The standard InChI is InChI=1S/C21H29N5O/c1-5-9-25-10-8-21(7-6-19(25)27)15-26(12-11-24(21)4)20-18(14-22)16(2)13-17(3)23-20/h5,13H,1,6-12,15H2,2-4H3. The Bertz CT molecular complexity index is 784. The highest BCUT2D eigenvalue weighted by Crippen LogP contribution is 2.35. The summed E-state index contributed by atoms with van der Waals surface area (Å²) in [5.74, 6) is 1.00. The number of likely N-dealkylation sites (N-methyl/N-ethyl adjacent to an activating group) is 1. The zero-order valence-electron chi connectivity index (χ0n) is 16.7. The summed E-state index contributed by atoms with van der Waals surface area (Å²) >= 11 is 0. The lowest BCUT2D eigenvalue weighted by Gasteiger charge is -2.49. The first-order valence-electron chi connectivity index (χ1n) is 9.63. The highest BCUT2D eigenvalue weighted by atomic mass is 16.2. The van der Waals surface area contributed by atoms with Gasteiger partial charge in [0, 0.05) is 50.4 Å². The molecule has 27 heavy (non-hydrogen) atoms. The molecule has 6 nitrogen and oxygen atoms in total. The van der Waals surface area contributed by atoms with Crippen molar-refractivity contribution >= 4 is 11.7 Å². The van der Waals surface area contributed by atoms with Gasteiger partial charge in [-0.25, -0.2) is 4.98 Å². The normalized spacial score (nSPS) is 24.0. The van der Waals surface area contributed by atoms with Gasteiger partial charge in [-0.1, -0.05) is 6.08 Å². The van der Waals surface area contributed by atoms with E-state index >= 15 is 0 Å². The first-order chi connectivity index (χ1) is 12.9. The Labute approximate surface area is 162 Å². The van der Waals surface area contributed by atoms with Gasteiger partial charge in [-0.3, -0.25) is 9.69 Å². The third-order valence-corrected chi connectivity index (χ3v) is 6.09. The summed E-state index contributed by atoms with van der Waals surface area (Å²) in [7, 11) is 2.16. The van der Waals surface area contributed by atoms with Gasteiger partial charge in [0.15, 0.2) is 0 Å². The quantitative estimate of drug-likeness (QED) is 0.767. The minimum absolute atomic E-state index is 0.0735. The minimum atomic E-state index is -0.0735. The lowest BCUT2D eigenvalue weighted by molar-refractivity contribution is -0.130. The molecule has 1 atom stereocenters. The molecule has 0 bridgehead atoms. The third-order valence-electron chi connectivity index (χ3n) is 6.09. The van der Waals surface area contributed by atoms with Gasteiger partial charge in [-0.2, -0.15) is 5.26 Å². The smallest absolute Gasteiger partial charge is 0.222 e. The molecule has 3 rings (SSSR count). The molecule has 0 radical (unpaired) electrons. The van der Waals surface area contributed by atoms with Gasteiger partial charge in [0.05, 0.1) is 5.56 Å². The lowest BCUT2D eigenvalue weighted by atomic mass is 9.86. The molecular formula is C21H29N5O. The highest BCUT2D eigenvalue weighted by Gasteiger charge is 2.42. The number of amides is 1. The van der Waals surface area contributed by atoms with Crippen LogP contribution in [0.5, 0.6) is 0 Å². The number of hydrogen-bond acceptors (Lipinski definition) is 5. The molecule has 1 amide bonds. The zero-order chi connectivity index (χ0) is 19.6. The van der Waals surface area contributed by atoms with E-state index in [1.807, 2.05) is 24.8 Å². The molecule has 0 saturated carbocycles. The van der Waals surface area contributed by atoms with Gasteiger partial charge in [-0.05, 0) is 45.4 Å². The largest absolute Gasteiger partial charge is 0.352 e. The number of likely N-dealkylation sites (tertiary alicyclic amines) is 1. The lowest BCUT2D eigenvalue weighted by Crippen LogP contribution is -2.61. The van der Waals surface area contributed by atoms with E-state index in [9.17, 15) is 10.1 Å². The fourth-order valence-corrected chi connectivity index (χ4v) is 4.41. The molecule has 0 aromatic carbocycles. The molecule has 0 aliphatic carbocycles. The van der Waals surface area contributed by atoms with Crippen molar-refractivity contribution in [2.75, 3.05) is 44.7 Å². The van der Waals surface area contributed by atoms with Crippen LogP contribution < -0.4 is 4.90 Å². The van der Waals surface area contributed by atoms with Crippen LogP contribution in [-0.4, -0.2) is 66.0 Å². The fraction of sp³-hybridized carbons (Fsp3) is 0.571. The third kappa shape index (κ3) is 3.70.